The second kappa shape index (κ2) is 7.13. The summed E-state index contributed by atoms with van der Waals surface area (Å²) in [6.45, 7) is 2.73. The molecule has 26 heavy (non-hydrogen) atoms. The molecule has 0 spiro atoms. The number of carbonyl (C=O) groups excluding carboxylic acids is 1. The highest BCUT2D eigenvalue weighted by atomic mass is 19.1. The van der Waals surface area contributed by atoms with Crippen LogP contribution in [0.2, 0.25) is 0 Å². The van der Waals surface area contributed by atoms with Crippen molar-refractivity contribution in [3.8, 4) is 0 Å². The lowest BCUT2D eigenvalue weighted by Crippen LogP contribution is -2.51. The molecule has 0 radical (unpaired) electrons. The number of hydrogen-bond acceptors (Lipinski definition) is 5. The van der Waals surface area contributed by atoms with Gasteiger partial charge in [-0.2, -0.15) is 0 Å². The van der Waals surface area contributed by atoms with E-state index < -0.39 is 0 Å². The molecule has 2 atom stereocenters. The lowest BCUT2D eigenvalue weighted by atomic mass is 10.0. The number of ether oxygens (including phenoxy) is 1. The van der Waals surface area contributed by atoms with E-state index in [0.29, 0.717) is 32.8 Å². The molecule has 1 aromatic heterocycles. The number of halogens is 1. The van der Waals surface area contributed by atoms with E-state index in [1.54, 1.807) is 18.3 Å². The maximum atomic E-state index is 13.0. The second-order valence-corrected chi connectivity index (χ2v) is 7.01. The third kappa shape index (κ3) is 3.47. The summed E-state index contributed by atoms with van der Waals surface area (Å²) in [5.41, 5.74) is 1.93. The van der Waals surface area contributed by atoms with Crippen LogP contribution in [0.15, 0.2) is 30.5 Å². The Morgan fingerprint density at radius 3 is 3.00 bits per heavy atom. The zero-order chi connectivity index (χ0) is 18.1. The highest BCUT2D eigenvalue weighted by molar-refractivity contribution is 5.78. The van der Waals surface area contributed by atoms with E-state index in [0.717, 1.165) is 17.7 Å². The van der Waals surface area contributed by atoms with Crippen LogP contribution in [0.1, 0.15) is 23.7 Å². The van der Waals surface area contributed by atoms with Gasteiger partial charge in [-0.25, -0.2) is 9.07 Å². The molecule has 1 saturated heterocycles. The van der Waals surface area contributed by atoms with Gasteiger partial charge in [0.1, 0.15) is 5.82 Å². The van der Waals surface area contributed by atoms with Gasteiger partial charge in [0.15, 0.2) is 0 Å². The normalized spacial score (nSPS) is 22.2. The molecule has 2 aliphatic rings. The van der Waals surface area contributed by atoms with Gasteiger partial charge in [-0.3, -0.25) is 9.69 Å². The van der Waals surface area contributed by atoms with Gasteiger partial charge in [0, 0.05) is 19.6 Å². The quantitative estimate of drug-likeness (QED) is 0.821. The molecule has 0 unspecified atom stereocenters. The minimum atomic E-state index is -0.252. The van der Waals surface area contributed by atoms with Gasteiger partial charge >= 0.3 is 0 Å². The molecule has 0 bridgehead atoms. The molecule has 0 saturated carbocycles. The van der Waals surface area contributed by atoms with Gasteiger partial charge in [0.05, 0.1) is 37.2 Å². The van der Waals surface area contributed by atoms with Crippen molar-refractivity contribution < 1.29 is 13.9 Å². The Hall–Kier alpha value is -2.32. The van der Waals surface area contributed by atoms with Crippen molar-refractivity contribution in [3.63, 3.8) is 0 Å². The summed E-state index contributed by atoms with van der Waals surface area (Å²) in [5, 5.41) is 8.13. The van der Waals surface area contributed by atoms with E-state index in [-0.39, 0.29) is 23.9 Å². The smallest absolute Gasteiger partial charge is 0.236 e. The van der Waals surface area contributed by atoms with Gasteiger partial charge in [-0.1, -0.05) is 17.3 Å². The number of carbonyl (C=O) groups is 1. The standard InChI is InChI=1S/C18H22FN5O2/c1-22(9-13-2-4-14(19)5-3-13)11-18(25)23-7-6-17-16(10-23)24-15(12-26-17)8-20-21-24/h2-5,8,16-17H,6-7,9-12H2,1H3/t16-,17-/m1/s1. The molecular formula is C18H22FN5O2. The Kier molecular flexibility index (Phi) is 4.69. The van der Waals surface area contributed by atoms with Crippen molar-refractivity contribution in [1.82, 2.24) is 24.8 Å². The van der Waals surface area contributed by atoms with Crippen LogP contribution in [-0.2, 0) is 22.7 Å². The van der Waals surface area contributed by atoms with Crippen molar-refractivity contribution in [2.24, 2.45) is 0 Å². The van der Waals surface area contributed by atoms with Crippen LogP contribution in [-0.4, -0.2) is 63.5 Å². The molecule has 7 nitrogen and oxygen atoms in total. The van der Waals surface area contributed by atoms with Gasteiger partial charge in [0.25, 0.3) is 0 Å². The van der Waals surface area contributed by atoms with Crippen LogP contribution in [0, 0.1) is 5.82 Å². The Bertz CT molecular complexity index is 778. The van der Waals surface area contributed by atoms with Gasteiger partial charge in [-0.15, -0.1) is 5.10 Å². The number of nitrogens with zero attached hydrogens (tertiary/aromatic N) is 5. The van der Waals surface area contributed by atoms with E-state index in [9.17, 15) is 9.18 Å². The molecule has 1 fully saturated rings. The van der Waals surface area contributed by atoms with Gasteiger partial charge in [-0.05, 0) is 31.2 Å². The topological polar surface area (TPSA) is 63.5 Å². The first-order valence-electron chi connectivity index (χ1n) is 8.81. The molecule has 2 aromatic rings. The van der Waals surface area contributed by atoms with E-state index in [2.05, 4.69) is 10.3 Å². The molecule has 1 aromatic carbocycles. The van der Waals surface area contributed by atoms with Gasteiger partial charge < -0.3 is 9.64 Å². The van der Waals surface area contributed by atoms with Crippen LogP contribution in [0.5, 0.6) is 0 Å². The maximum Gasteiger partial charge on any atom is 0.236 e. The van der Waals surface area contributed by atoms with Gasteiger partial charge in [0.2, 0.25) is 5.91 Å². The SMILES string of the molecule is CN(CC(=O)N1CC[C@H]2OCc3cnnn3[C@@H]2C1)Cc1ccc(F)cc1. The van der Waals surface area contributed by atoms with E-state index in [4.69, 9.17) is 4.74 Å². The summed E-state index contributed by atoms with van der Waals surface area (Å²) in [6.07, 6.45) is 2.61. The van der Waals surface area contributed by atoms with E-state index >= 15 is 0 Å². The van der Waals surface area contributed by atoms with Crippen LogP contribution in [0.4, 0.5) is 4.39 Å². The fourth-order valence-corrected chi connectivity index (χ4v) is 3.69. The number of fused-ring (bicyclic) bond motifs is 3. The van der Waals surface area contributed by atoms with Crippen LogP contribution < -0.4 is 0 Å². The third-order valence-corrected chi connectivity index (χ3v) is 5.05. The summed E-state index contributed by atoms with van der Waals surface area (Å²) in [6, 6.07) is 6.39. The van der Waals surface area contributed by atoms with E-state index in [1.807, 2.05) is 21.5 Å². The molecule has 0 N–H and O–H groups in total. The number of aromatic nitrogens is 3. The predicted molar refractivity (Wildman–Crippen MR) is 91.6 cm³/mol. The highest BCUT2D eigenvalue weighted by Gasteiger charge is 2.37. The molecule has 1 amide bonds. The number of amides is 1. The van der Waals surface area contributed by atoms with Crippen LogP contribution in [0.25, 0.3) is 0 Å². The molecule has 3 heterocycles. The van der Waals surface area contributed by atoms with E-state index in [1.165, 1.54) is 12.1 Å². The maximum absolute atomic E-state index is 13.0. The Balaban J connectivity index is 1.36. The molecule has 0 aliphatic carbocycles. The Morgan fingerprint density at radius 2 is 2.19 bits per heavy atom. The molecule has 4 rings (SSSR count). The lowest BCUT2D eigenvalue weighted by Gasteiger charge is -2.41. The predicted octanol–water partition coefficient (Wildman–Crippen LogP) is 1.22. The summed E-state index contributed by atoms with van der Waals surface area (Å²) in [4.78, 5) is 16.5. The number of benzene rings is 1. The first-order chi connectivity index (χ1) is 12.6. The zero-order valence-electron chi connectivity index (χ0n) is 14.7. The first-order valence-corrected chi connectivity index (χ1v) is 8.81. The van der Waals surface area contributed by atoms with Crippen molar-refractivity contribution in [1.29, 1.82) is 0 Å². The minimum absolute atomic E-state index is 0.0290. The lowest BCUT2D eigenvalue weighted by molar-refractivity contribution is -0.139. The minimum Gasteiger partial charge on any atom is -0.370 e. The molecule has 2 aliphatic heterocycles. The van der Waals surface area contributed by atoms with Crippen molar-refractivity contribution >= 4 is 5.91 Å². The van der Waals surface area contributed by atoms with Crippen molar-refractivity contribution in [3.05, 3.63) is 47.5 Å². The van der Waals surface area contributed by atoms with Crippen LogP contribution >= 0.6 is 0 Å². The summed E-state index contributed by atoms with van der Waals surface area (Å²) in [7, 11) is 1.90. The summed E-state index contributed by atoms with van der Waals surface area (Å²) >= 11 is 0. The average molecular weight is 359 g/mol. The second-order valence-electron chi connectivity index (χ2n) is 7.01. The number of rotatable bonds is 4. The number of hydrogen-bond donors (Lipinski definition) is 0. The number of likely N-dealkylation sites (tertiary alicyclic amines) is 1. The zero-order valence-corrected chi connectivity index (χ0v) is 14.7. The average Bonchev–Trinajstić information content (AvgIpc) is 3.12. The monoisotopic (exact) mass is 359 g/mol. The highest BCUT2D eigenvalue weighted by Crippen LogP contribution is 2.30. The molecular weight excluding hydrogens is 337 g/mol. The van der Waals surface area contributed by atoms with Crippen LogP contribution in [0.3, 0.4) is 0 Å². The van der Waals surface area contributed by atoms with Crippen molar-refractivity contribution in [2.45, 2.75) is 31.7 Å². The Labute approximate surface area is 151 Å². The number of likely N-dealkylation sites (N-methyl/N-ethyl adjacent to an activating group) is 1. The summed E-state index contributed by atoms with van der Waals surface area (Å²) < 4.78 is 20.8. The molecule has 138 valence electrons. The largest absolute Gasteiger partial charge is 0.370 e. The summed E-state index contributed by atoms with van der Waals surface area (Å²) in [5.74, 6) is -0.169. The number of piperidine rings is 1. The first kappa shape index (κ1) is 17.1. The molecule has 8 heteroatoms. The van der Waals surface area contributed by atoms with Crippen molar-refractivity contribution in [2.75, 3.05) is 26.7 Å². The Morgan fingerprint density at radius 1 is 1.38 bits per heavy atom. The fraction of sp³-hybridized carbons (Fsp3) is 0.500. The third-order valence-electron chi connectivity index (χ3n) is 5.05. The fourth-order valence-electron chi connectivity index (χ4n) is 3.69.